The lowest BCUT2D eigenvalue weighted by Crippen LogP contribution is -2.38. The molecule has 1 aliphatic rings. The molecule has 132 valence electrons. The average molecular weight is 380 g/mol. The Morgan fingerprint density at radius 3 is 2.72 bits per heavy atom. The number of hydrogen-bond donors (Lipinski definition) is 1. The maximum Gasteiger partial charge on any atom is 0.340 e. The summed E-state index contributed by atoms with van der Waals surface area (Å²) >= 11 is 7.18. The van der Waals surface area contributed by atoms with E-state index in [2.05, 4.69) is 15.2 Å². The summed E-state index contributed by atoms with van der Waals surface area (Å²) in [4.78, 5) is 30.7. The summed E-state index contributed by atoms with van der Waals surface area (Å²) in [5, 5.41) is 5.77. The van der Waals surface area contributed by atoms with Gasteiger partial charge in [-0.1, -0.05) is 11.6 Å². The van der Waals surface area contributed by atoms with Crippen LogP contribution in [0.2, 0.25) is 5.02 Å². The van der Waals surface area contributed by atoms with Crippen LogP contribution >= 0.6 is 22.9 Å². The maximum absolute atomic E-state index is 12.5. The lowest BCUT2D eigenvalue weighted by molar-refractivity contribution is -0.120. The lowest BCUT2D eigenvalue weighted by atomic mass is 9.96. The zero-order chi connectivity index (χ0) is 17.8. The van der Waals surface area contributed by atoms with Crippen LogP contribution in [0.25, 0.3) is 0 Å². The standard InChI is InChI=1S/C17H18ClN3O3S/c1-24-17(23)13-6-9-25-16(13)20-15(22)11-4-7-21(8-5-11)14-3-2-12(18)10-19-14/h2-3,6,9-11H,4-5,7-8H2,1H3,(H,20,22). The predicted octanol–water partition coefficient (Wildman–Crippen LogP) is 3.44. The van der Waals surface area contributed by atoms with Crippen molar-refractivity contribution >= 4 is 45.6 Å². The van der Waals surface area contributed by atoms with Gasteiger partial charge in [0.05, 0.1) is 17.7 Å². The first-order valence-corrected chi connectivity index (χ1v) is 9.17. The van der Waals surface area contributed by atoms with Crippen molar-refractivity contribution < 1.29 is 14.3 Å². The van der Waals surface area contributed by atoms with Gasteiger partial charge in [-0.25, -0.2) is 9.78 Å². The van der Waals surface area contributed by atoms with E-state index in [0.29, 0.717) is 15.6 Å². The first-order chi connectivity index (χ1) is 12.1. The van der Waals surface area contributed by atoms with E-state index >= 15 is 0 Å². The van der Waals surface area contributed by atoms with Gasteiger partial charge in [0.15, 0.2) is 0 Å². The van der Waals surface area contributed by atoms with Crippen LogP contribution < -0.4 is 10.2 Å². The second kappa shape index (κ2) is 7.84. The highest BCUT2D eigenvalue weighted by Crippen LogP contribution is 2.27. The Morgan fingerprint density at radius 1 is 1.32 bits per heavy atom. The van der Waals surface area contributed by atoms with Crippen LogP contribution in [0.15, 0.2) is 29.8 Å². The Bertz CT molecular complexity index is 755. The number of thiophene rings is 1. The van der Waals surface area contributed by atoms with Crippen molar-refractivity contribution in [1.82, 2.24) is 4.98 Å². The van der Waals surface area contributed by atoms with Crippen molar-refractivity contribution in [3.8, 4) is 0 Å². The number of piperidine rings is 1. The van der Waals surface area contributed by atoms with Crippen LogP contribution in [0.5, 0.6) is 0 Å². The molecule has 0 spiro atoms. The van der Waals surface area contributed by atoms with Crippen molar-refractivity contribution in [2.75, 3.05) is 30.4 Å². The number of rotatable bonds is 4. The molecule has 1 amide bonds. The van der Waals surface area contributed by atoms with E-state index in [4.69, 9.17) is 16.3 Å². The smallest absolute Gasteiger partial charge is 0.340 e. The van der Waals surface area contributed by atoms with Crippen LogP contribution in [0.1, 0.15) is 23.2 Å². The molecule has 1 aliphatic heterocycles. The van der Waals surface area contributed by atoms with Gasteiger partial charge in [0.2, 0.25) is 5.91 Å². The fourth-order valence-electron chi connectivity index (χ4n) is 2.82. The molecule has 2 aromatic rings. The third-order valence-electron chi connectivity index (χ3n) is 4.21. The number of carbonyl (C=O) groups is 2. The monoisotopic (exact) mass is 379 g/mol. The number of anilines is 2. The van der Waals surface area contributed by atoms with E-state index in [1.165, 1.54) is 18.4 Å². The number of ether oxygens (including phenoxy) is 1. The Balaban J connectivity index is 1.58. The molecule has 1 saturated heterocycles. The fourth-order valence-corrected chi connectivity index (χ4v) is 3.71. The Morgan fingerprint density at radius 2 is 2.08 bits per heavy atom. The Labute approximate surface area is 154 Å². The minimum atomic E-state index is -0.444. The highest BCUT2D eigenvalue weighted by Gasteiger charge is 2.27. The summed E-state index contributed by atoms with van der Waals surface area (Å²) in [5.74, 6) is 0.280. The Hall–Kier alpha value is -2.12. The number of pyridine rings is 1. The second-order valence-corrected chi connectivity index (χ2v) is 7.09. The molecule has 3 heterocycles. The van der Waals surface area contributed by atoms with Gasteiger partial charge >= 0.3 is 5.97 Å². The number of nitrogens with zero attached hydrogens (tertiary/aromatic N) is 2. The summed E-state index contributed by atoms with van der Waals surface area (Å²) in [5.41, 5.74) is 0.392. The summed E-state index contributed by atoms with van der Waals surface area (Å²) < 4.78 is 4.73. The molecule has 0 unspecified atom stereocenters. The normalized spacial score (nSPS) is 15.0. The average Bonchev–Trinajstić information content (AvgIpc) is 3.10. The maximum atomic E-state index is 12.5. The molecule has 0 bridgehead atoms. The number of aromatic nitrogens is 1. The van der Waals surface area contributed by atoms with E-state index < -0.39 is 5.97 Å². The molecular weight excluding hydrogens is 362 g/mol. The van der Waals surface area contributed by atoms with Crippen LogP contribution in [-0.2, 0) is 9.53 Å². The van der Waals surface area contributed by atoms with E-state index in [-0.39, 0.29) is 11.8 Å². The summed E-state index contributed by atoms with van der Waals surface area (Å²) in [6.45, 7) is 1.50. The van der Waals surface area contributed by atoms with Crippen molar-refractivity contribution in [3.63, 3.8) is 0 Å². The molecule has 0 radical (unpaired) electrons. The van der Waals surface area contributed by atoms with Crippen molar-refractivity contribution in [2.45, 2.75) is 12.8 Å². The quantitative estimate of drug-likeness (QED) is 0.824. The van der Waals surface area contributed by atoms with E-state index in [9.17, 15) is 9.59 Å². The predicted molar refractivity (Wildman–Crippen MR) is 98.5 cm³/mol. The van der Waals surface area contributed by atoms with Crippen LogP contribution in [0.4, 0.5) is 10.8 Å². The largest absolute Gasteiger partial charge is 0.465 e. The molecule has 6 nitrogen and oxygen atoms in total. The molecule has 0 atom stereocenters. The summed E-state index contributed by atoms with van der Waals surface area (Å²) in [6, 6.07) is 5.35. The van der Waals surface area contributed by atoms with Gasteiger partial charge in [0.1, 0.15) is 10.8 Å². The lowest BCUT2D eigenvalue weighted by Gasteiger charge is -2.32. The van der Waals surface area contributed by atoms with Gasteiger partial charge in [-0.05, 0) is 36.4 Å². The van der Waals surface area contributed by atoms with Crippen molar-refractivity contribution in [1.29, 1.82) is 0 Å². The molecule has 25 heavy (non-hydrogen) atoms. The van der Waals surface area contributed by atoms with Gasteiger partial charge < -0.3 is 15.0 Å². The Kier molecular flexibility index (Phi) is 5.55. The van der Waals surface area contributed by atoms with Gasteiger partial charge in [-0.3, -0.25) is 4.79 Å². The highest BCUT2D eigenvalue weighted by molar-refractivity contribution is 7.14. The first kappa shape index (κ1) is 17.7. The topological polar surface area (TPSA) is 71.5 Å². The second-order valence-electron chi connectivity index (χ2n) is 5.74. The van der Waals surface area contributed by atoms with E-state index in [1.807, 2.05) is 12.1 Å². The van der Waals surface area contributed by atoms with E-state index in [1.54, 1.807) is 17.6 Å². The molecule has 3 rings (SSSR count). The molecule has 0 saturated carbocycles. The molecule has 0 aromatic carbocycles. The van der Waals surface area contributed by atoms with Crippen molar-refractivity contribution in [3.05, 3.63) is 40.4 Å². The zero-order valence-corrected chi connectivity index (χ0v) is 15.3. The fraction of sp³-hybridized carbons (Fsp3) is 0.353. The number of nitrogens with one attached hydrogen (secondary N) is 1. The summed E-state index contributed by atoms with van der Waals surface area (Å²) in [7, 11) is 1.33. The molecule has 2 aromatic heterocycles. The van der Waals surface area contributed by atoms with Gasteiger partial charge in [-0.15, -0.1) is 11.3 Å². The molecular formula is C17H18ClN3O3S. The number of methoxy groups -OCH3 is 1. The van der Waals surface area contributed by atoms with Crippen LogP contribution in [0, 0.1) is 5.92 Å². The SMILES string of the molecule is COC(=O)c1ccsc1NC(=O)C1CCN(c2ccc(Cl)cn2)CC1. The van der Waals surface area contributed by atoms with Crippen molar-refractivity contribution in [2.24, 2.45) is 5.92 Å². The number of hydrogen-bond acceptors (Lipinski definition) is 6. The first-order valence-electron chi connectivity index (χ1n) is 7.91. The van der Waals surface area contributed by atoms with Gasteiger partial charge in [0, 0.05) is 25.2 Å². The zero-order valence-electron chi connectivity index (χ0n) is 13.7. The molecule has 8 heteroatoms. The molecule has 1 N–H and O–H groups in total. The van der Waals surface area contributed by atoms with Crippen LogP contribution in [0.3, 0.4) is 0 Å². The number of carbonyl (C=O) groups excluding carboxylic acids is 2. The van der Waals surface area contributed by atoms with E-state index in [0.717, 1.165) is 31.7 Å². The third kappa shape index (κ3) is 4.11. The van der Waals surface area contributed by atoms with Crippen LogP contribution in [-0.4, -0.2) is 37.1 Å². The number of esters is 1. The number of amides is 1. The van der Waals surface area contributed by atoms with Gasteiger partial charge in [-0.2, -0.15) is 0 Å². The molecule has 1 fully saturated rings. The minimum Gasteiger partial charge on any atom is -0.465 e. The highest BCUT2D eigenvalue weighted by atomic mass is 35.5. The number of halogens is 1. The van der Waals surface area contributed by atoms with Gasteiger partial charge in [0.25, 0.3) is 0 Å². The molecule has 0 aliphatic carbocycles. The summed E-state index contributed by atoms with van der Waals surface area (Å²) in [6.07, 6.45) is 3.09. The minimum absolute atomic E-state index is 0.0590. The third-order valence-corrected chi connectivity index (χ3v) is 5.26.